The molecule has 1 aromatic rings. The number of hydrogen-bond donors (Lipinski definition) is 0. The Morgan fingerprint density at radius 2 is 1.69 bits per heavy atom. The molecule has 1 atom stereocenters. The summed E-state index contributed by atoms with van der Waals surface area (Å²) in [5.74, 6) is 0. The van der Waals surface area contributed by atoms with Gasteiger partial charge in [0.1, 0.15) is 0 Å². The molecule has 0 aliphatic carbocycles. The van der Waals surface area contributed by atoms with Crippen molar-refractivity contribution < 1.29 is 8.85 Å². The molecule has 1 aromatic carbocycles. The zero-order valence-corrected chi connectivity index (χ0v) is 11.5. The van der Waals surface area contributed by atoms with E-state index in [2.05, 4.69) is 38.1 Å². The van der Waals surface area contributed by atoms with Gasteiger partial charge in [0.25, 0.3) is 0 Å². The van der Waals surface area contributed by atoms with Crippen LogP contribution in [0.1, 0.15) is 27.2 Å². The topological polar surface area (TPSA) is 18.5 Å². The van der Waals surface area contributed by atoms with E-state index in [0.717, 1.165) is 25.7 Å². The third-order valence-electron chi connectivity index (χ3n) is 2.60. The maximum Gasteiger partial charge on any atom is 0.372 e. The van der Waals surface area contributed by atoms with Crippen molar-refractivity contribution in [3.05, 3.63) is 30.3 Å². The van der Waals surface area contributed by atoms with E-state index < -0.39 is 8.56 Å². The fourth-order valence-electron chi connectivity index (χ4n) is 1.81. The molecule has 0 heterocycles. The van der Waals surface area contributed by atoms with Crippen LogP contribution in [0, 0.1) is 0 Å². The summed E-state index contributed by atoms with van der Waals surface area (Å²) in [7, 11) is -2.17. The molecule has 0 N–H and O–H groups in total. The average Bonchev–Trinajstić information content (AvgIpc) is 2.36. The minimum absolute atomic E-state index is 0.721. The molecule has 0 aliphatic rings. The first kappa shape index (κ1) is 13.4. The molecule has 16 heavy (non-hydrogen) atoms. The second kappa shape index (κ2) is 6.84. The third-order valence-corrected chi connectivity index (χ3v) is 6.17. The van der Waals surface area contributed by atoms with Crippen LogP contribution in [0.15, 0.2) is 30.3 Å². The lowest BCUT2D eigenvalue weighted by molar-refractivity contribution is 0.188. The molecule has 0 radical (unpaired) electrons. The monoisotopic (exact) mass is 238 g/mol. The van der Waals surface area contributed by atoms with Crippen molar-refractivity contribution in [2.75, 3.05) is 13.2 Å². The summed E-state index contributed by atoms with van der Waals surface area (Å²) in [5.41, 5.74) is 0. The molecule has 2 nitrogen and oxygen atoms in total. The van der Waals surface area contributed by atoms with E-state index in [0.29, 0.717) is 0 Å². The minimum Gasteiger partial charge on any atom is -0.391 e. The highest BCUT2D eigenvalue weighted by atomic mass is 28.4. The van der Waals surface area contributed by atoms with Gasteiger partial charge in [-0.05, 0) is 24.6 Å². The zero-order valence-electron chi connectivity index (χ0n) is 10.5. The van der Waals surface area contributed by atoms with Crippen LogP contribution in [0.25, 0.3) is 0 Å². The molecule has 0 aromatic heterocycles. The van der Waals surface area contributed by atoms with Crippen molar-refractivity contribution >= 4 is 13.7 Å². The van der Waals surface area contributed by atoms with Crippen molar-refractivity contribution in [1.29, 1.82) is 0 Å². The molecule has 0 amide bonds. The molecule has 0 bridgehead atoms. The summed E-state index contributed by atoms with van der Waals surface area (Å²) >= 11 is 0. The predicted molar refractivity (Wildman–Crippen MR) is 70.2 cm³/mol. The van der Waals surface area contributed by atoms with E-state index >= 15 is 0 Å². The van der Waals surface area contributed by atoms with Gasteiger partial charge in [0, 0.05) is 13.2 Å². The van der Waals surface area contributed by atoms with E-state index in [1.807, 2.05) is 13.0 Å². The highest BCUT2D eigenvalue weighted by molar-refractivity contribution is 6.81. The summed E-state index contributed by atoms with van der Waals surface area (Å²) in [5, 5.41) is 1.24. The van der Waals surface area contributed by atoms with Crippen molar-refractivity contribution in [1.82, 2.24) is 0 Å². The lowest BCUT2D eigenvalue weighted by atomic mass is 10.4. The van der Waals surface area contributed by atoms with Crippen molar-refractivity contribution in [2.45, 2.75) is 33.2 Å². The zero-order chi connectivity index (χ0) is 11.9. The Kier molecular flexibility index (Phi) is 5.73. The van der Waals surface area contributed by atoms with Crippen LogP contribution in [0.4, 0.5) is 0 Å². The molecule has 0 saturated carbocycles. The molecule has 0 spiro atoms. The number of benzene rings is 1. The fourth-order valence-corrected chi connectivity index (χ4v) is 4.74. The van der Waals surface area contributed by atoms with Gasteiger partial charge in [-0.25, -0.2) is 0 Å². The molecular formula is C13H22O2Si. The quantitative estimate of drug-likeness (QED) is 0.680. The van der Waals surface area contributed by atoms with E-state index in [9.17, 15) is 0 Å². The first-order valence-corrected chi connectivity index (χ1v) is 8.14. The molecule has 90 valence electrons. The molecule has 1 unspecified atom stereocenters. The van der Waals surface area contributed by atoms with Crippen LogP contribution in [0.2, 0.25) is 6.04 Å². The smallest absolute Gasteiger partial charge is 0.372 e. The predicted octanol–water partition coefficient (Wildman–Crippen LogP) is 2.82. The average molecular weight is 238 g/mol. The lowest BCUT2D eigenvalue weighted by Crippen LogP contribution is -2.53. The van der Waals surface area contributed by atoms with Gasteiger partial charge in [0.2, 0.25) is 0 Å². The van der Waals surface area contributed by atoms with Crippen LogP contribution in [0.3, 0.4) is 0 Å². The van der Waals surface area contributed by atoms with Crippen molar-refractivity contribution in [3.8, 4) is 0 Å². The molecular weight excluding hydrogens is 216 g/mol. The van der Waals surface area contributed by atoms with Gasteiger partial charge in [0.05, 0.1) is 0 Å². The minimum atomic E-state index is -2.17. The Balaban J connectivity index is 2.92. The first-order chi connectivity index (χ1) is 7.79. The summed E-state index contributed by atoms with van der Waals surface area (Å²) in [4.78, 5) is 0. The van der Waals surface area contributed by atoms with Gasteiger partial charge in [0.15, 0.2) is 0 Å². The van der Waals surface area contributed by atoms with Crippen molar-refractivity contribution in [2.24, 2.45) is 0 Å². The van der Waals surface area contributed by atoms with Gasteiger partial charge in [-0.3, -0.25) is 0 Å². The summed E-state index contributed by atoms with van der Waals surface area (Å²) in [6, 6.07) is 11.4. The van der Waals surface area contributed by atoms with Crippen LogP contribution in [-0.4, -0.2) is 21.8 Å². The SMILES string of the molecule is CCCO[Si](CC)(OCC)c1ccccc1. The standard InChI is InChI=1S/C13H22O2Si/c1-4-12-15-16(6-3,14-5-2)13-10-8-7-9-11-13/h7-11H,4-6,12H2,1-3H3. The molecule has 1 rings (SSSR count). The van der Waals surface area contributed by atoms with Gasteiger partial charge in [-0.2, -0.15) is 0 Å². The second-order valence-electron chi connectivity index (χ2n) is 3.75. The third kappa shape index (κ3) is 3.17. The highest BCUT2D eigenvalue weighted by Gasteiger charge is 2.37. The molecule has 0 saturated heterocycles. The Bertz CT molecular complexity index is 289. The van der Waals surface area contributed by atoms with E-state index in [1.165, 1.54) is 5.19 Å². The van der Waals surface area contributed by atoms with E-state index in [-0.39, 0.29) is 0 Å². The maximum atomic E-state index is 6.07. The normalized spacial score (nSPS) is 14.7. The summed E-state index contributed by atoms with van der Waals surface area (Å²) < 4.78 is 12.1. The van der Waals surface area contributed by atoms with Gasteiger partial charge in [-0.1, -0.05) is 44.2 Å². The van der Waals surface area contributed by atoms with E-state index in [4.69, 9.17) is 8.85 Å². The van der Waals surface area contributed by atoms with Crippen LogP contribution >= 0.6 is 0 Å². The lowest BCUT2D eigenvalue weighted by Gasteiger charge is -2.29. The molecule has 3 heteroatoms. The van der Waals surface area contributed by atoms with Crippen LogP contribution < -0.4 is 5.19 Å². The Hall–Kier alpha value is -0.643. The van der Waals surface area contributed by atoms with Gasteiger partial charge >= 0.3 is 8.56 Å². The molecule has 0 fully saturated rings. The fraction of sp³-hybridized carbons (Fsp3) is 0.538. The first-order valence-electron chi connectivity index (χ1n) is 6.12. The second-order valence-corrected chi connectivity index (χ2v) is 7.12. The summed E-state index contributed by atoms with van der Waals surface area (Å²) in [6.45, 7) is 7.83. The van der Waals surface area contributed by atoms with Crippen LogP contribution in [-0.2, 0) is 8.85 Å². The maximum absolute atomic E-state index is 6.07. The Morgan fingerprint density at radius 1 is 1.00 bits per heavy atom. The summed E-state index contributed by atoms with van der Waals surface area (Å²) in [6.07, 6.45) is 1.04. The number of rotatable bonds is 7. The largest absolute Gasteiger partial charge is 0.391 e. The van der Waals surface area contributed by atoms with Gasteiger partial charge in [-0.15, -0.1) is 0 Å². The van der Waals surface area contributed by atoms with Crippen molar-refractivity contribution in [3.63, 3.8) is 0 Å². The molecule has 0 aliphatic heterocycles. The highest BCUT2D eigenvalue weighted by Crippen LogP contribution is 2.14. The Labute approximate surface area is 99.8 Å². The van der Waals surface area contributed by atoms with Gasteiger partial charge < -0.3 is 8.85 Å². The van der Waals surface area contributed by atoms with E-state index in [1.54, 1.807) is 0 Å². The number of hydrogen-bond acceptors (Lipinski definition) is 2. The van der Waals surface area contributed by atoms with Crippen LogP contribution in [0.5, 0.6) is 0 Å². The Morgan fingerprint density at radius 3 is 2.19 bits per heavy atom.